The van der Waals surface area contributed by atoms with Crippen molar-refractivity contribution in [2.24, 2.45) is 0 Å². The van der Waals surface area contributed by atoms with Crippen LogP contribution in [0.15, 0.2) is 36.5 Å². The summed E-state index contributed by atoms with van der Waals surface area (Å²) in [6.45, 7) is 2.24. The van der Waals surface area contributed by atoms with Crippen molar-refractivity contribution in [3.8, 4) is 5.75 Å². The number of likely N-dealkylation sites (tertiary alicyclic amines) is 1. The molecule has 2 aromatic rings. The molecule has 1 saturated heterocycles. The van der Waals surface area contributed by atoms with Crippen molar-refractivity contribution in [3.63, 3.8) is 0 Å². The van der Waals surface area contributed by atoms with Gasteiger partial charge in [-0.05, 0) is 43.9 Å². The van der Waals surface area contributed by atoms with Gasteiger partial charge in [0.2, 0.25) is 0 Å². The van der Waals surface area contributed by atoms with Crippen LogP contribution in [0.5, 0.6) is 5.75 Å². The average molecular weight is 326 g/mol. The van der Waals surface area contributed by atoms with E-state index in [1.807, 2.05) is 29.2 Å². The molecule has 3 rings (SSSR count). The minimum atomic E-state index is -0.0442. The lowest BCUT2D eigenvalue weighted by atomic mass is 10.0. The molecule has 1 amide bonds. The van der Waals surface area contributed by atoms with E-state index in [0.29, 0.717) is 11.3 Å². The predicted octanol–water partition coefficient (Wildman–Crippen LogP) is 3.07. The number of aromatic nitrogens is 1. The molecule has 2 heterocycles. The molecule has 0 saturated carbocycles. The van der Waals surface area contributed by atoms with Crippen molar-refractivity contribution in [2.75, 3.05) is 13.7 Å². The van der Waals surface area contributed by atoms with Crippen LogP contribution in [0.1, 0.15) is 46.2 Å². The maximum Gasteiger partial charge on any atom is 0.270 e. The van der Waals surface area contributed by atoms with Gasteiger partial charge in [0.25, 0.3) is 5.91 Å². The second kappa shape index (κ2) is 6.91. The summed E-state index contributed by atoms with van der Waals surface area (Å²) in [4.78, 5) is 29.0. The van der Waals surface area contributed by atoms with Crippen molar-refractivity contribution in [2.45, 2.75) is 32.2 Å². The molecule has 1 aromatic heterocycles. The second-order valence-electron chi connectivity index (χ2n) is 6.17. The molecule has 1 N–H and O–H groups in total. The fourth-order valence-electron chi connectivity index (χ4n) is 3.32. The summed E-state index contributed by atoms with van der Waals surface area (Å²) in [7, 11) is 1.67. The molecular formula is C19H22N2O3. The highest BCUT2D eigenvalue weighted by molar-refractivity contribution is 5.99. The van der Waals surface area contributed by atoms with Gasteiger partial charge < -0.3 is 14.6 Å². The van der Waals surface area contributed by atoms with Crippen molar-refractivity contribution < 1.29 is 14.3 Å². The van der Waals surface area contributed by atoms with Crippen LogP contribution in [0.2, 0.25) is 0 Å². The van der Waals surface area contributed by atoms with Gasteiger partial charge in [-0.15, -0.1) is 0 Å². The van der Waals surface area contributed by atoms with Crippen LogP contribution in [0, 0.1) is 0 Å². The highest BCUT2D eigenvalue weighted by Gasteiger charge is 2.30. The van der Waals surface area contributed by atoms with E-state index >= 15 is 0 Å². The molecule has 1 aliphatic rings. The number of H-pyrrole nitrogens is 1. The van der Waals surface area contributed by atoms with E-state index in [-0.39, 0.29) is 17.7 Å². The summed E-state index contributed by atoms with van der Waals surface area (Å²) < 4.78 is 5.42. The first-order chi connectivity index (χ1) is 11.6. The van der Waals surface area contributed by atoms with Crippen LogP contribution in [-0.2, 0) is 6.42 Å². The van der Waals surface area contributed by atoms with Crippen molar-refractivity contribution in [1.82, 2.24) is 9.88 Å². The zero-order valence-electron chi connectivity index (χ0n) is 14.0. The van der Waals surface area contributed by atoms with Crippen LogP contribution in [0.3, 0.4) is 0 Å². The van der Waals surface area contributed by atoms with Crippen molar-refractivity contribution in [3.05, 3.63) is 53.3 Å². The Kier molecular flexibility index (Phi) is 4.69. The molecule has 5 heteroatoms. The van der Waals surface area contributed by atoms with E-state index in [1.54, 1.807) is 19.4 Å². The highest BCUT2D eigenvalue weighted by Crippen LogP contribution is 2.27. The number of aromatic amines is 1. The van der Waals surface area contributed by atoms with Gasteiger partial charge in [-0.3, -0.25) is 9.59 Å². The molecular weight excluding hydrogens is 304 g/mol. The van der Waals surface area contributed by atoms with E-state index in [0.717, 1.165) is 37.1 Å². The SMILES string of the molecule is COc1ccccc1C[C@@H]1CCCN1C(=O)c1cc(C(C)=O)c[nH]1. The predicted molar refractivity (Wildman–Crippen MR) is 91.6 cm³/mol. The normalized spacial score (nSPS) is 17.1. The summed E-state index contributed by atoms with van der Waals surface area (Å²) >= 11 is 0. The number of carbonyl (C=O) groups excluding carboxylic acids is 2. The van der Waals surface area contributed by atoms with Crippen LogP contribution in [0.25, 0.3) is 0 Å². The lowest BCUT2D eigenvalue weighted by molar-refractivity contribution is 0.0730. The average Bonchev–Trinajstić information content (AvgIpc) is 3.24. The third kappa shape index (κ3) is 3.20. The van der Waals surface area contributed by atoms with Crippen LogP contribution >= 0.6 is 0 Å². The first kappa shape index (κ1) is 16.3. The van der Waals surface area contributed by atoms with Gasteiger partial charge in [0, 0.05) is 24.3 Å². The number of amides is 1. The first-order valence-electron chi connectivity index (χ1n) is 8.22. The number of nitrogens with one attached hydrogen (secondary N) is 1. The molecule has 24 heavy (non-hydrogen) atoms. The standard InChI is InChI=1S/C19H22N2O3/c1-13(22)15-11-17(20-12-15)19(23)21-9-5-7-16(21)10-14-6-3-4-8-18(14)24-2/h3-4,6,8,11-12,16,20H,5,7,9-10H2,1-2H3/t16-/m0/s1. The number of benzene rings is 1. The van der Waals surface area contributed by atoms with Gasteiger partial charge in [-0.2, -0.15) is 0 Å². The largest absolute Gasteiger partial charge is 0.496 e. The van der Waals surface area contributed by atoms with Gasteiger partial charge in [-0.25, -0.2) is 0 Å². The van der Waals surface area contributed by atoms with E-state index in [1.165, 1.54) is 6.92 Å². The number of Topliss-reactive ketones (excluding diaryl/α,β-unsaturated/α-hetero) is 1. The summed E-state index contributed by atoms with van der Waals surface area (Å²) in [5.74, 6) is 0.771. The number of ether oxygens (including phenoxy) is 1. The number of methoxy groups -OCH3 is 1. The Hall–Kier alpha value is -2.56. The molecule has 0 unspecified atom stereocenters. The Balaban J connectivity index is 1.77. The minimum absolute atomic E-state index is 0.0418. The van der Waals surface area contributed by atoms with Gasteiger partial charge >= 0.3 is 0 Å². The Morgan fingerprint density at radius 3 is 2.83 bits per heavy atom. The Morgan fingerprint density at radius 1 is 1.33 bits per heavy atom. The Bertz CT molecular complexity index is 751. The number of para-hydroxylation sites is 1. The number of hydrogen-bond acceptors (Lipinski definition) is 3. The smallest absolute Gasteiger partial charge is 0.270 e. The van der Waals surface area contributed by atoms with Crippen molar-refractivity contribution >= 4 is 11.7 Å². The number of nitrogens with zero attached hydrogens (tertiary/aromatic N) is 1. The topological polar surface area (TPSA) is 62.4 Å². The molecule has 1 atom stereocenters. The quantitative estimate of drug-likeness (QED) is 0.859. The maximum atomic E-state index is 12.8. The van der Waals surface area contributed by atoms with E-state index in [9.17, 15) is 9.59 Å². The molecule has 0 radical (unpaired) electrons. The maximum absolute atomic E-state index is 12.8. The lowest BCUT2D eigenvalue weighted by Gasteiger charge is -2.25. The van der Waals surface area contributed by atoms with E-state index < -0.39 is 0 Å². The molecule has 1 aromatic carbocycles. The molecule has 1 aliphatic heterocycles. The molecule has 5 nitrogen and oxygen atoms in total. The number of ketones is 1. The summed E-state index contributed by atoms with van der Waals surface area (Å²) in [5, 5.41) is 0. The summed E-state index contributed by atoms with van der Waals surface area (Å²) in [6.07, 6.45) is 4.34. The van der Waals surface area contributed by atoms with E-state index in [2.05, 4.69) is 4.98 Å². The minimum Gasteiger partial charge on any atom is -0.496 e. The van der Waals surface area contributed by atoms with Crippen molar-refractivity contribution in [1.29, 1.82) is 0 Å². The zero-order valence-corrected chi connectivity index (χ0v) is 14.0. The van der Waals surface area contributed by atoms with Gasteiger partial charge in [0.15, 0.2) is 5.78 Å². The Morgan fingerprint density at radius 2 is 2.12 bits per heavy atom. The van der Waals surface area contributed by atoms with Crippen LogP contribution in [0.4, 0.5) is 0 Å². The third-order valence-electron chi connectivity index (χ3n) is 4.61. The summed E-state index contributed by atoms with van der Waals surface area (Å²) in [6, 6.07) is 9.72. The number of hydrogen-bond donors (Lipinski definition) is 1. The zero-order chi connectivity index (χ0) is 17.1. The van der Waals surface area contributed by atoms with Gasteiger partial charge in [0.1, 0.15) is 11.4 Å². The van der Waals surface area contributed by atoms with Crippen LogP contribution < -0.4 is 4.74 Å². The first-order valence-corrected chi connectivity index (χ1v) is 8.22. The molecule has 0 spiro atoms. The van der Waals surface area contributed by atoms with E-state index in [4.69, 9.17) is 4.74 Å². The molecule has 1 fully saturated rings. The third-order valence-corrected chi connectivity index (χ3v) is 4.61. The Labute approximate surface area is 141 Å². The van der Waals surface area contributed by atoms with Gasteiger partial charge in [0.05, 0.1) is 7.11 Å². The molecule has 0 bridgehead atoms. The lowest BCUT2D eigenvalue weighted by Crippen LogP contribution is -2.37. The fourth-order valence-corrected chi connectivity index (χ4v) is 3.32. The molecule has 0 aliphatic carbocycles. The highest BCUT2D eigenvalue weighted by atomic mass is 16.5. The second-order valence-corrected chi connectivity index (χ2v) is 6.17. The number of rotatable bonds is 5. The molecule has 126 valence electrons. The fraction of sp³-hybridized carbons (Fsp3) is 0.368. The summed E-state index contributed by atoms with van der Waals surface area (Å²) in [5.41, 5.74) is 2.13. The monoisotopic (exact) mass is 326 g/mol. The van der Waals surface area contributed by atoms with Gasteiger partial charge in [-0.1, -0.05) is 18.2 Å². The number of carbonyl (C=O) groups is 2. The van der Waals surface area contributed by atoms with Crippen LogP contribution in [-0.4, -0.2) is 41.3 Å².